The molecule has 0 radical (unpaired) electrons. The first-order valence-corrected chi connectivity index (χ1v) is 12.6. The minimum Gasteiger partial charge on any atom is -0.444 e. The van der Waals surface area contributed by atoms with Crippen molar-refractivity contribution in [3.8, 4) is 0 Å². The zero-order valence-corrected chi connectivity index (χ0v) is 20.9. The van der Waals surface area contributed by atoms with Crippen molar-refractivity contribution in [3.05, 3.63) is 46.8 Å². The molecular weight excluding hydrogens is 430 g/mol. The minimum absolute atomic E-state index is 0.227. The first-order chi connectivity index (χ1) is 16.2. The first kappa shape index (κ1) is 24.3. The highest BCUT2D eigenvalue weighted by molar-refractivity contribution is 6.03. The topological polar surface area (TPSA) is 84.7 Å². The third-order valence-corrected chi connectivity index (χ3v) is 6.85. The molecule has 1 aliphatic carbocycles. The fourth-order valence-corrected chi connectivity index (χ4v) is 5.08. The van der Waals surface area contributed by atoms with Crippen LogP contribution in [0.3, 0.4) is 0 Å². The summed E-state index contributed by atoms with van der Waals surface area (Å²) >= 11 is 0. The number of amides is 2. The molecule has 1 saturated heterocycles. The van der Waals surface area contributed by atoms with Gasteiger partial charge < -0.3 is 19.5 Å². The van der Waals surface area contributed by atoms with E-state index in [0.29, 0.717) is 36.4 Å². The molecule has 2 aliphatic rings. The molecule has 34 heavy (non-hydrogen) atoms. The number of piperidine rings is 1. The summed E-state index contributed by atoms with van der Waals surface area (Å²) in [6, 6.07) is 8.13. The maximum atomic E-state index is 12.8. The quantitative estimate of drug-likeness (QED) is 0.562. The molecule has 4 rings (SSSR count). The third kappa shape index (κ3) is 5.99. The van der Waals surface area contributed by atoms with E-state index in [0.717, 1.165) is 31.4 Å². The van der Waals surface area contributed by atoms with Gasteiger partial charge in [0.2, 0.25) is 0 Å². The van der Waals surface area contributed by atoms with Gasteiger partial charge in [0.1, 0.15) is 11.4 Å². The van der Waals surface area contributed by atoms with E-state index in [4.69, 9.17) is 9.26 Å². The van der Waals surface area contributed by atoms with Crippen molar-refractivity contribution in [2.24, 2.45) is 0 Å². The highest BCUT2D eigenvalue weighted by Crippen LogP contribution is 2.39. The number of hydrogen-bond donors (Lipinski definition) is 1. The van der Waals surface area contributed by atoms with Gasteiger partial charge in [-0.05, 0) is 82.4 Å². The molecule has 1 saturated carbocycles. The Hall–Kier alpha value is -2.83. The van der Waals surface area contributed by atoms with Crippen molar-refractivity contribution in [2.45, 2.75) is 90.1 Å². The number of rotatable bonds is 4. The van der Waals surface area contributed by atoms with Gasteiger partial charge in [-0.1, -0.05) is 36.6 Å². The van der Waals surface area contributed by atoms with Crippen LogP contribution in [-0.4, -0.2) is 40.7 Å². The molecule has 2 fully saturated rings. The Morgan fingerprint density at radius 1 is 1.03 bits per heavy atom. The first-order valence-electron chi connectivity index (χ1n) is 12.6. The summed E-state index contributed by atoms with van der Waals surface area (Å²) in [5.41, 5.74) is 3.20. The predicted octanol–water partition coefficient (Wildman–Crippen LogP) is 6.40. The van der Waals surface area contributed by atoms with Crippen molar-refractivity contribution in [1.82, 2.24) is 10.1 Å². The minimum atomic E-state index is -0.478. The summed E-state index contributed by atoms with van der Waals surface area (Å²) in [6.07, 6.45) is 7.60. The van der Waals surface area contributed by atoms with Crippen LogP contribution in [0.25, 0.3) is 0 Å². The Morgan fingerprint density at radius 3 is 2.35 bits per heavy atom. The largest absolute Gasteiger partial charge is 0.444 e. The van der Waals surface area contributed by atoms with Gasteiger partial charge in [-0.15, -0.1) is 0 Å². The molecule has 0 unspecified atom stereocenters. The van der Waals surface area contributed by atoms with E-state index >= 15 is 0 Å². The summed E-state index contributed by atoms with van der Waals surface area (Å²) in [6.45, 7) is 8.86. The molecule has 1 N–H and O–H groups in total. The number of anilines is 1. The number of likely N-dealkylation sites (tertiary alicyclic amines) is 1. The van der Waals surface area contributed by atoms with Gasteiger partial charge in [-0.3, -0.25) is 4.79 Å². The Balaban J connectivity index is 1.49. The van der Waals surface area contributed by atoms with Gasteiger partial charge in [0.05, 0.1) is 0 Å². The molecule has 7 nitrogen and oxygen atoms in total. The number of benzene rings is 1. The monoisotopic (exact) mass is 467 g/mol. The number of carbonyl (C=O) groups excluding carboxylic acids is 2. The van der Waals surface area contributed by atoms with Gasteiger partial charge in [0, 0.05) is 24.8 Å². The lowest BCUT2D eigenvalue weighted by Crippen LogP contribution is -2.41. The second-order valence-electron chi connectivity index (χ2n) is 10.7. The van der Waals surface area contributed by atoms with E-state index in [9.17, 15) is 9.59 Å². The van der Waals surface area contributed by atoms with Crippen LogP contribution in [0.4, 0.5) is 10.5 Å². The molecule has 1 aromatic carbocycles. The zero-order chi connectivity index (χ0) is 24.3. The van der Waals surface area contributed by atoms with Crippen molar-refractivity contribution in [1.29, 1.82) is 0 Å². The summed E-state index contributed by atoms with van der Waals surface area (Å²) in [5.74, 6) is 1.21. The summed E-state index contributed by atoms with van der Waals surface area (Å²) < 4.78 is 10.6. The molecule has 184 valence electrons. The van der Waals surface area contributed by atoms with E-state index in [1.165, 1.54) is 30.4 Å². The molecule has 0 spiro atoms. The number of nitrogens with zero attached hydrogens (tertiary/aromatic N) is 2. The predicted molar refractivity (Wildman–Crippen MR) is 131 cm³/mol. The molecule has 7 heteroatoms. The molecule has 2 amide bonds. The standard InChI is InChI=1S/C27H37N3O4/c1-18-16-24(29-34-18)25(31)28-23-11-10-21(17-22(23)20-8-6-5-7-9-20)19-12-14-30(15-13-19)26(32)33-27(2,3)4/h10-11,16-17,19-20H,5-9,12-15H2,1-4H3,(H,28,31). The van der Waals surface area contributed by atoms with Crippen LogP contribution in [0.5, 0.6) is 0 Å². The number of aryl methyl sites for hydroxylation is 1. The summed E-state index contributed by atoms with van der Waals surface area (Å²) in [5, 5.41) is 6.94. The van der Waals surface area contributed by atoms with Crippen LogP contribution in [0.2, 0.25) is 0 Å². The Labute approximate surface area is 202 Å². The molecule has 0 atom stereocenters. The number of carbonyl (C=O) groups is 2. The highest BCUT2D eigenvalue weighted by atomic mass is 16.6. The lowest BCUT2D eigenvalue weighted by Gasteiger charge is -2.34. The third-order valence-electron chi connectivity index (χ3n) is 6.85. The number of ether oxygens (including phenoxy) is 1. The average Bonchev–Trinajstić information content (AvgIpc) is 3.25. The van der Waals surface area contributed by atoms with Crippen LogP contribution in [0, 0.1) is 6.92 Å². The number of hydrogen-bond acceptors (Lipinski definition) is 5. The van der Waals surface area contributed by atoms with Crippen molar-refractivity contribution >= 4 is 17.7 Å². The van der Waals surface area contributed by atoms with E-state index in [-0.39, 0.29) is 12.0 Å². The van der Waals surface area contributed by atoms with Crippen LogP contribution in [-0.2, 0) is 4.74 Å². The lowest BCUT2D eigenvalue weighted by molar-refractivity contribution is 0.0204. The molecule has 1 aliphatic heterocycles. The smallest absolute Gasteiger partial charge is 0.410 e. The van der Waals surface area contributed by atoms with Gasteiger partial charge in [0.15, 0.2) is 5.69 Å². The molecule has 2 heterocycles. The normalized spacial score (nSPS) is 18.1. The van der Waals surface area contributed by atoms with E-state index in [1.807, 2.05) is 31.7 Å². The van der Waals surface area contributed by atoms with Crippen LogP contribution >= 0.6 is 0 Å². The Bertz CT molecular complexity index is 1010. The number of nitrogens with one attached hydrogen (secondary N) is 1. The second-order valence-corrected chi connectivity index (χ2v) is 10.7. The fraction of sp³-hybridized carbons (Fsp3) is 0.593. The number of aromatic nitrogens is 1. The average molecular weight is 468 g/mol. The maximum absolute atomic E-state index is 12.8. The van der Waals surface area contributed by atoms with Crippen LogP contribution in [0.1, 0.15) is 105 Å². The van der Waals surface area contributed by atoms with Crippen molar-refractivity contribution < 1.29 is 18.8 Å². The van der Waals surface area contributed by atoms with Crippen molar-refractivity contribution in [2.75, 3.05) is 18.4 Å². The van der Waals surface area contributed by atoms with Gasteiger partial charge in [-0.2, -0.15) is 0 Å². The molecular formula is C27H37N3O4. The van der Waals surface area contributed by atoms with E-state index in [2.05, 4.69) is 22.6 Å². The summed E-state index contributed by atoms with van der Waals surface area (Å²) in [4.78, 5) is 27.0. The van der Waals surface area contributed by atoms with Crippen LogP contribution < -0.4 is 5.32 Å². The van der Waals surface area contributed by atoms with Gasteiger partial charge >= 0.3 is 6.09 Å². The maximum Gasteiger partial charge on any atom is 0.410 e. The van der Waals surface area contributed by atoms with Crippen LogP contribution in [0.15, 0.2) is 28.8 Å². The van der Waals surface area contributed by atoms with Gasteiger partial charge in [0.25, 0.3) is 5.91 Å². The Kier molecular flexibility index (Phi) is 7.29. The van der Waals surface area contributed by atoms with E-state index < -0.39 is 5.60 Å². The highest BCUT2D eigenvalue weighted by Gasteiger charge is 2.29. The zero-order valence-electron chi connectivity index (χ0n) is 20.9. The van der Waals surface area contributed by atoms with Crippen molar-refractivity contribution in [3.63, 3.8) is 0 Å². The second kappa shape index (κ2) is 10.2. The van der Waals surface area contributed by atoms with E-state index in [1.54, 1.807) is 13.0 Å². The fourth-order valence-electron chi connectivity index (χ4n) is 5.08. The Morgan fingerprint density at radius 2 is 1.74 bits per heavy atom. The van der Waals surface area contributed by atoms with Gasteiger partial charge in [-0.25, -0.2) is 4.79 Å². The summed E-state index contributed by atoms with van der Waals surface area (Å²) in [7, 11) is 0. The SMILES string of the molecule is Cc1cc(C(=O)Nc2ccc(C3CCN(C(=O)OC(C)(C)C)CC3)cc2C2CCCCC2)no1. The molecule has 1 aromatic heterocycles. The molecule has 2 aromatic rings. The lowest BCUT2D eigenvalue weighted by atomic mass is 9.80. The molecule has 0 bridgehead atoms.